The molecule has 0 aromatic rings. The van der Waals surface area contributed by atoms with Gasteiger partial charge >= 0.3 is 0 Å². The number of hydrogen-bond acceptors (Lipinski definition) is 3. The SMILES string of the molecule is C1CCC2CC(C3CCC(N(C4CCC(C5CCC6CCCCC6C5)CC4)C4CCC(C5CCCC6C7CCC8OC9CCCCC9C8C7SC56)CC4)CC3)CCC2C1. The maximum Gasteiger partial charge on any atom is 0.0621 e. The maximum atomic E-state index is 6.90. The molecule has 10 saturated carbocycles. The first-order valence-corrected chi connectivity index (χ1v) is 29.2. The van der Waals surface area contributed by atoms with E-state index in [0.717, 1.165) is 111 Å². The van der Waals surface area contributed by atoms with Gasteiger partial charge in [-0.05, 0) is 231 Å². The van der Waals surface area contributed by atoms with E-state index < -0.39 is 0 Å². The first-order valence-electron chi connectivity index (χ1n) is 28.3. The molecule has 0 spiro atoms. The lowest BCUT2D eigenvalue weighted by atomic mass is 9.62. The van der Waals surface area contributed by atoms with Crippen LogP contribution in [0.3, 0.4) is 0 Å². The van der Waals surface area contributed by atoms with Crippen molar-refractivity contribution < 1.29 is 4.74 Å². The Hall–Kier alpha value is 0.270. The van der Waals surface area contributed by atoms with E-state index in [-0.39, 0.29) is 0 Å². The van der Waals surface area contributed by atoms with Crippen LogP contribution in [0, 0.1) is 82.9 Å². The standard InChI is InChI=1S/C56H91NOS/c1-3-10-41-34-43(18-16-36(41)8-1)38-20-26-45(27-21-38)57(46-28-22-39(23-29-46)44-19-17-37-9-2-4-11-42(37)35-44)47-30-24-40(25-31-47)48-13-7-14-49-50-32-33-53-54(56(50)59-55(48)49)51-12-5-6-15-52(51)58-53/h36-56H,1-35H2. The average Bonchev–Trinajstić information content (AvgIpc) is 3.88. The highest BCUT2D eigenvalue weighted by Gasteiger charge is 2.60. The van der Waals surface area contributed by atoms with Crippen molar-refractivity contribution in [2.45, 2.75) is 266 Å². The normalized spacial score (nSPS) is 53.9. The second kappa shape index (κ2) is 17.9. The minimum Gasteiger partial charge on any atom is -0.374 e. The third-order valence-corrected chi connectivity index (χ3v) is 25.0. The minimum absolute atomic E-state index is 0.626. The van der Waals surface area contributed by atoms with Gasteiger partial charge in [-0.2, -0.15) is 11.8 Å². The van der Waals surface area contributed by atoms with Crippen LogP contribution in [-0.4, -0.2) is 45.7 Å². The number of nitrogens with zero attached hydrogens (tertiary/aromatic N) is 1. The Bertz CT molecular complexity index is 1320. The van der Waals surface area contributed by atoms with Gasteiger partial charge in [0.15, 0.2) is 0 Å². The van der Waals surface area contributed by atoms with Gasteiger partial charge in [0.25, 0.3) is 0 Å². The van der Waals surface area contributed by atoms with Crippen molar-refractivity contribution in [3.8, 4) is 0 Å². The molecule has 0 aromatic heterocycles. The zero-order valence-corrected chi connectivity index (χ0v) is 39.0. The van der Waals surface area contributed by atoms with E-state index in [0.29, 0.717) is 12.2 Å². The fraction of sp³-hybridized carbons (Fsp3) is 1.00. The quantitative estimate of drug-likeness (QED) is 0.265. The Labute approximate surface area is 368 Å². The second-order valence-electron chi connectivity index (χ2n) is 25.2. The lowest BCUT2D eigenvalue weighted by Gasteiger charge is -2.52. The molecule has 2 aliphatic heterocycles. The van der Waals surface area contributed by atoms with E-state index in [2.05, 4.69) is 16.7 Å². The summed E-state index contributed by atoms with van der Waals surface area (Å²) in [7, 11) is 0. The third kappa shape index (κ3) is 7.96. The molecular weight excluding hydrogens is 735 g/mol. The van der Waals surface area contributed by atoms with Crippen LogP contribution in [0.25, 0.3) is 0 Å². The van der Waals surface area contributed by atoms with E-state index in [1.165, 1.54) is 51.4 Å². The predicted octanol–water partition coefficient (Wildman–Crippen LogP) is 15.1. The topological polar surface area (TPSA) is 12.5 Å². The molecule has 2 saturated heterocycles. The number of rotatable bonds is 6. The van der Waals surface area contributed by atoms with Crippen LogP contribution in [-0.2, 0) is 4.74 Å². The van der Waals surface area contributed by atoms with Gasteiger partial charge in [0.2, 0.25) is 0 Å². The summed E-state index contributed by atoms with van der Waals surface area (Å²) < 4.78 is 6.90. The van der Waals surface area contributed by atoms with Gasteiger partial charge < -0.3 is 4.74 Å². The molecule has 12 fully saturated rings. The molecule has 59 heavy (non-hydrogen) atoms. The van der Waals surface area contributed by atoms with Crippen LogP contribution in [0.4, 0.5) is 0 Å². The number of fused-ring (bicyclic) bond motifs is 9. The Kier molecular flexibility index (Phi) is 12.4. The van der Waals surface area contributed by atoms with Crippen molar-refractivity contribution in [1.82, 2.24) is 4.90 Å². The summed E-state index contributed by atoms with van der Waals surface area (Å²) in [6.07, 6.45) is 55.5. The first kappa shape index (κ1) is 40.8. The lowest BCUT2D eigenvalue weighted by molar-refractivity contribution is -0.0181. The summed E-state index contributed by atoms with van der Waals surface area (Å²) in [4.78, 5) is 3.39. The summed E-state index contributed by atoms with van der Waals surface area (Å²) in [6.45, 7) is 0. The largest absolute Gasteiger partial charge is 0.374 e. The van der Waals surface area contributed by atoms with E-state index >= 15 is 0 Å². The average molecular weight is 826 g/mol. The molecule has 10 aliphatic carbocycles. The lowest BCUT2D eigenvalue weighted by Crippen LogP contribution is -2.53. The van der Waals surface area contributed by atoms with Crippen molar-refractivity contribution in [1.29, 1.82) is 0 Å². The van der Waals surface area contributed by atoms with Crippen molar-refractivity contribution in [3.63, 3.8) is 0 Å². The molecule has 332 valence electrons. The molecule has 0 amide bonds. The van der Waals surface area contributed by atoms with Crippen LogP contribution in [0.15, 0.2) is 0 Å². The Morgan fingerprint density at radius 3 is 1.32 bits per heavy atom. The Morgan fingerprint density at radius 2 is 0.712 bits per heavy atom. The molecule has 12 aliphatic rings. The highest BCUT2D eigenvalue weighted by Crippen LogP contribution is 2.64. The fourth-order valence-corrected chi connectivity index (χ4v) is 22.8. The van der Waals surface area contributed by atoms with Crippen molar-refractivity contribution in [3.05, 3.63) is 0 Å². The van der Waals surface area contributed by atoms with E-state index in [4.69, 9.17) is 4.74 Å². The minimum atomic E-state index is 0.626. The summed E-state index contributed by atoms with van der Waals surface area (Å²) in [5.74, 6) is 14.7. The molecule has 0 radical (unpaired) electrons. The van der Waals surface area contributed by atoms with Gasteiger partial charge in [-0.3, -0.25) is 4.90 Å². The second-order valence-corrected chi connectivity index (χ2v) is 26.6. The van der Waals surface area contributed by atoms with E-state index in [1.807, 2.05) is 0 Å². The van der Waals surface area contributed by atoms with E-state index in [9.17, 15) is 0 Å². The maximum absolute atomic E-state index is 6.90. The fourth-order valence-electron chi connectivity index (χ4n) is 20.2. The molecule has 3 heteroatoms. The number of hydrogen-bond donors (Lipinski definition) is 0. The highest BCUT2D eigenvalue weighted by molar-refractivity contribution is 8.00. The van der Waals surface area contributed by atoms with E-state index in [1.54, 1.807) is 173 Å². The number of thioether (sulfide) groups is 1. The zero-order chi connectivity index (χ0) is 38.9. The summed E-state index contributed by atoms with van der Waals surface area (Å²) in [6, 6.07) is 2.73. The molecule has 15 atom stereocenters. The molecule has 2 heterocycles. The van der Waals surface area contributed by atoms with Gasteiger partial charge in [-0.25, -0.2) is 0 Å². The first-order chi connectivity index (χ1) is 29.2. The Balaban J connectivity index is 0.708. The molecule has 15 unspecified atom stereocenters. The van der Waals surface area contributed by atoms with Crippen LogP contribution in [0.5, 0.6) is 0 Å². The van der Waals surface area contributed by atoms with Gasteiger partial charge in [0.1, 0.15) is 0 Å². The van der Waals surface area contributed by atoms with Crippen molar-refractivity contribution in [2.75, 3.05) is 0 Å². The molecule has 12 rings (SSSR count). The smallest absolute Gasteiger partial charge is 0.0621 e. The zero-order valence-electron chi connectivity index (χ0n) is 38.1. The summed E-state index contributed by atoms with van der Waals surface area (Å²) >= 11 is 2.61. The summed E-state index contributed by atoms with van der Waals surface area (Å²) in [5.41, 5.74) is 0. The molecule has 0 aromatic carbocycles. The summed E-state index contributed by atoms with van der Waals surface area (Å²) in [5, 5.41) is 1.95. The van der Waals surface area contributed by atoms with Crippen molar-refractivity contribution in [2.24, 2.45) is 82.9 Å². The molecular formula is C56H91NOS. The van der Waals surface area contributed by atoms with Gasteiger partial charge in [-0.15, -0.1) is 0 Å². The van der Waals surface area contributed by atoms with Gasteiger partial charge in [0, 0.05) is 34.5 Å². The third-order valence-electron chi connectivity index (χ3n) is 23.0. The van der Waals surface area contributed by atoms with Gasteiger partial charge in [-0.1, -0.05) is 70.6 Å². The molecule has 2 nitrogen and oxygen atoms in total. The number of ether oxygens (including phenoxy) is 1. The van der Waals surface area contributed by atoms with Gasteiger partial charge in [0.05, 0.1) is 12.2 Å². The van der Waals surface area contributed by atoms with Crippen LogP contribution < -0.4 is 0 Å². The van der Waals surface area contributed by atoms with Crippen LogP contribution in [0.1, 0.15) is 225 Å². The molecule has 0 N–H and O–H groups in total. The van der Waals surface area contributed by atoms with Crippen molar-refractivity contribution >= 4 is 11.8 Å². The monoisotopic (exact) mass is 826 g/mol. The van der Waals surface area contributed by atoms with Crippen LogP contribution in [0.2, 0.25) is 0 Å². The van der Waals surface area contributed by atoms with Crippen LogP contribution >= 0.6 is 11.8 Å². The Morgan fingerprint density at radius 1 is 0.288 bits per heavy atom. The predicted molar refractivity (Wildman–Crippen MR) is 247 cm³/mol. The highest BCUT2D eigenvalue weighted by atomic mass is 32.2. The molecule has 0 bridgehead atoms.